The lowest BCUT2D eigenvalue weighted by molar-refractivity contribution is -0.141. The lowest BCUT2D eigenvalue weighted by atomic mass is 9.97. The highest BCUT2D eigenvalue weighted by Crippen LogP contribution is 2.36. The Morgan fingerprint density at radius 2 is 1.74 bits per heavy atom. The van der Waals surface area contributed by atoms with Gasteiger partial charge in [-0.15, -0.1) is 0 Å². The molecule has 0 fully saturated rings. The number of benzene rings is 2. The molecule has 0 aliphatic carbocycles. The van der Waals surface area contributed by atoms with Gasteiger partial charge in [-0.2, -0.15) is 5.10 Å². The Bertz CT molecular complexity index is 985. The van der Waals surface area contributed by atoms with Crippen LogP contribution in [-0.2, 0) is 9.59 Å². The van der Waals surface area contributed by atoms with Crippen molar-refractivity contribution in [1.29, 1.82) is 0 Å². The Morgan fingerprint density at radius 1 is 1.06 bits per heavy atom. The summed E-state index contributed by atoms with van der Waals surface area (Å²) in [6, 6.07) is 13.1. The fourth-order valence-electron chi connectivity index (χ4n) is 3.51. The predicted octanol–water partition coefficient (Wildman–Crippen LogP) is 3.31. The Morgan fingerprint density at radius 3 is 2.32 bits per heavy atom. The number of aliphatic carboxylic acids is 1. The number of anilines is 1. The van der Waals surface area contributed by atoms with Crippen molar-refractivity contribution in [3.63, 3.8) is 0 Å². The van der Waals surface area contributed by atoms with Crippen LogP contribution >= 0.6 is 0 Å². The van der Waals surface area contributed by atoms with Gasteiger partial charge in [-0.3, -0.25) is 9.59 Å². The van der Waals surface area contributed by atoms with Gasteiger partial charge >= 0.3 is 5.97 Å². The van der Waals surface area contributed by atoms with Gasteiger partial charge in [0.2, 0.25) is 5.91 Å². The van der Waals surface area contributed by atoms with Crippen molar-refractivity contribution >= 4 is 23.3 Å². The number of amides is 1. The van der Waals surface area contributed by atoms with Gasteiger partial charge in [0, 0.05) is 38.2 Å². The maximum atomic E-state index is 12.8. The third-order valence-corrected chi connectivity index (χ3v) is 5.23. The third-order valence-electron chi connectivity index (χ3n) is 5.23. The van der Waals surface area contributed by atoms with Crippen molar-refractivity contribution in [3.05, 3.63) is 53.6 Å². The van der Waals surface area contributed by atoms with Gasteiger partial charge in [0.25, 0.3) is 0 Å². The fraction of sp³-hybridized carbons (Fsp3) is 0.348. The van der Waals surface area contributed by atoms with Crippen LogP contribution in [0.4, 0.5) is 5.69 Å². The second kappa shape index (κ2) is 9.51. The smallest absolute Gasteiger partial charge is 0.303 e. The van der Waals surface area contributed by atoms with Crippen LogP contribution in [0.25, 0.3) is 0 Å². The number of methoxy groups -OCH3 is 2. The zero-order valence-corrected chi connectivity index (χ0v) is 18.2. The number of carbonyl (C=O) groups is 2. The fourth-order valence-corrected chi connectivity index (χ4v) is 3.51. The summed E-state index contributed by atoms with van der Waals surface area (Å²) in [5.41, 5.74) is 3.53. The second-order valence-electron chi connectivity index (χ2n) is 7.45. The van der Waals surface area contributed by atoms with Gasteiger partial charge in [0.1, 0.15) is 0 Å². The SMILES string of the molecule is COc1ccc(C2=NN(C(=O)CCC(=O)O)[C@H](c3ccc(N(C)C)cc3)C2)cc1OC. The largest absolute Gasteiger partial charge is 0.493 e. The summed E-state index contributed by atoms with van der Waals surface area (Å²) in [7, 11) is 7.06. The molecule has 3 rings (SSSR count). The van der Waals surface area contributed by atoms with Gasteiger partial charge in [-0.05, 0) is 35.9 Å². The van der Waals surface area contributed by atoms with Crippen molar-refractivity contribution in [2.24, 2.45) is 5.10 Å². The summed E-state index contributed by atoms with van der Waals surface area (Å²) in [4.78, 5) is 25.8. The van der Waals surface area contributed by atoms with E-state index in [1.54, 1.807) is 20.3 Å². The highest BCUT2D eigenvalue weighted by molar-refractivity contribution is 6.03. The molecule has 1 amide bonds. The van der Waals surface area contributed by atoms with E-state index in [-0.39, 0.29) is 24.8 Å². The van der Waals surface area contributed by atoms with E-state index in [4.69, 9.17) is 14.6 Å². The van der Waals surface area contributed by atoms with Crippen LogP contribution in [0.2, 0.25) is 0 Å². The number of hydrogen-bond donors (Lipinski definition) is 1. The van der Waals surface area contributed by atoms with Crippen LogP contribution in [-0.4, -0.2) is 56.0 Å². The van der Waals surface area contributed by atoms with Crippen molar-refractivity contribution in [1.82, 2.24) is 5.01 Å². The Labute approximate surface area is 181 Å². The van der Waals surface area contributed by atoms with Crippen molar-refractivity contribution < 1.29 is 24.2 Å². The third kappa shape index (κ3) is 4.96. The van der Waals surface area contributed by atoms with Crippen LogP contribution in [0.15, 0.2) is 47.6 Å². The topological polar surface area (TPSA) is 91.7 Å². The van der Waals surface area contributed by atoms with Crippen LogP contribution < -0.4 is 14.4 Å². The van der Waals surface area contributed by atoms with E-state index in [0.29, 0.717) is 17.9 Å². The quantitative estimate of drug-likeness (QED) is 0.698. The first kappa shape index (κ1) is 22.1. The van der Waals surface area contributed by atoms with Gasteiger partial charge in [-0.25, -0.2) is 5.01 Å². The van der Waals surface area contributed by atoms with E-state index in [9.17, 15) is 9.59 Å². The van der Waals surface area contributed by atoms with E-state index >= 15 is 0 Å². The minimum Gasteiger partial charge on any atom is -0.493 e. The van der Waals surface area contributed by atoms with Crippen molar-refractivity contribution in [2.75, 3.05) is 33.2 Å². The molecule has 2 aromatic carbocycles. The molecule has 1 aliphatic rings. The summed E-state index contributed by atoms with van der Waals surface area (Å²) < 4.78 is 10.7. The molecule has 8 heteroatoms. The Kier molecular flexibility index (Phi) is 6.79. The zero-order chi connectivity index (χ0) is 22.5. The van der Waals surface area contributed by atoms with Crippen LogP contribution in [0.3, 0.4) is 0 Å². The number of hydrazone groups is 1. The monoisotopic (exact) mass is 425 g/mol. The Hall–Kier alpha value is -3.55. The number of ether oxygens (including phenoxy) is 2. The average Bonchev–Trinajstić information content (AvgIpc) is 3.22. The number of nitrogens with zero attached hydrogens (tertiary/aromatic N) is 3. The van der Waals surface area contributed by atoms with E-state index in [0.717, 1.165) is 22.5 Å². The molecule has 0 spiro atoms. The van der Waals surface area contributed by atoms with Gasteiger partial charge < -0.3 is 19.5 Å². The summed E-state index contributed by atoms with van der Waals surface area (Å²) in [6.45, 7) is 0. The zero-order valence-electron chi connectivity index (χ0n) is 18.2. The minimum atomic E-state index is -1.01. The van der Waals surface area contributed by atoms with Crippen LogP contribution in [0.1, 0.15) is 36.4 Å². The number of carboxylic acids is 1. The molecular weight excluding hydrogens is 398 g/mol. The molecule has 164 valence electrons. The Balaban J connectivity index is 1.93. The average molecular weight is 425 g/mol. The molecule has 0 saturated heterocycles. The number of hydrogen-bond acceptors (Lipinski definition) is 6. The summed E-state index contributed by atoms with van der Waals surface area (Å²) in [6.07, 6.45) is 0.169. The molecule has 1 aliphatic heterocycles. The molecule has 1 heterocycles. The molecule has 8 nitrogen and oxygen atoms in total. The highest BCUT2D eigenvalue weighted by Gasteiger charge is 2.33. The molecule has 31 heavy (non-hydrogen) atoms. The van der Waals surface area contributed by atoms with E-state index in [1.165, 1.54) is 5.01 Å². The van der Waals surface area contributed by atoms with E-state index in [2.05, 4.69) is 5.10 Å². The van der Waals surface area contributed by atoms with Crippen LogP contribution in [0.5, 0.6) is 11.5 Å². The number of rotatable bonds is 8. The highest BCUT2D eigenvalue weighted by atomic mass is 16.5. The minimum absolute atomic E-state index is 0.107. The molecule has 0 saturated carbocycles. The second-order valence-corrected chi connectivity index (χ2v) is 7.45. The van der Waals surface area contributed by atoms with E-state index in [1.807, 2.05) is 55.4 Å². The van der Waals surface area contributed by atoms with Crippen molar-refractivity contribution in [2.45, 2.75) is 25.3 Å². The van der Waals surface area contributed by atoms with Gasteiger partial charge in [-0.1, -0.05) is 12.1 Å². The van der Waals surface area contributed by atoms with Gasteiger partial charge in [0.05, 0.1) is 32.4 Å². The first-order chi connectivity index (χ1) is 14.8. The summed E-state index contributed by atoms with van der Waals surface area (Å²) >= 11 is 0. The maximum Gasteiger partial charge on any atom is 0.303 e. The molecule has 0 radical (unpaired) electrons. The molecule has 0 aromatic heterocycles. The molecule has 2 aromatic rings. The molecule has 1 N–H and O–H groups in total. The first-order valence-electron chi connectivity index (χ1n) is 9.95. The lowest BCUT2D eigenvalue weighted by Gasteiger charge is -2.22. The molecular formula is C23H27N3O5. The molecule has 1 atom stereocenters. The van der Waals surface area contributed by atoms with E-state index < -0.39 is 5.97 Å². The van der Waals surface area contributed by atoms with Gasteiger partial charge in [0.15, 0.2) is 11.5 Å². The lowest BCUT2D eigenvalue weighted by Crippen LogP contribution is -2.27. The molecule has 0 unspecified atom stereocenters. The number of carbonyl (C=O) groups excluding carboxylic acids is 1. The summed E-state index contributed by atoms with van der Waals surface area (Å²) in [5, 5.41) is 15.0. The number of carboxylic acid groups (broad SMARTS) is 1. The molecule has 0 bridgehead atoms. The first-order valence-corrected chi connectivity index (χ1v) is 9.95. The van der Waals surface area contributed by atoms with Crippen LogP contribution in [0, 0.1) is 0 Å². The van der Waals surface area contributed by atoms with Crippen molar-refractivity contribution in [3.8, 4) is 11.5 Å². The maximum absolute atomic E-state index is 12.8. The standard InChI is InChI=1S/C23H27N3O5/c1-25(2)17-8-5-15(6-9-17)19-14-18(24-26(19)22(27)11-12-23(28)29)16-7-10-20(30-3)21(13-16)31-4/h5-10,13,19H,11-12,14H2,1-4H3,(H,28,29)/t19-/m0/s1. The predicted molar refractivity (Wildman–Crippen MR) is 118 cm³/mol. The summed E-state index contributed by atoms with van der Waals surface area (Å²) in [5.74, 6) is -0.150. The normalized spacial score (nSPS) is 15.4.